The minimum atomic E-state index is -4.31. The highest BCUT2D eigenvalue weighted by Crippen LogP contribution is 2.14. The zero-order chi connectivity index (χ0) is 15.0. The van der Waals surface area contributed by atoms with Crippen molar-refractivity contribution in [3.05, 3.63) is 35.4 Å². The molecule has 1 aromatic rings. The van der Waals surface area contributed by atoms with E-state index in [1.807, 2.05) is 0 Å². The van der Waals surface area contributed by atoms with Crippen LogP contribution >= 0.6 is 0 Å². The number of nitrogens with one attached hydrogen (secondary N) is 1. The monoisotopic (exact) mass is 291 g/mol. The molecule has 0 radical (unpaired) electrons. The van der Waals surface area contributed by atoms with Gasteiger partial charge in [0.25, 0.3) is 0 Å². The molecule has 1 rings (SSSR count). The third-order valence-electron chi connectivity index (χ3n) is 2.46. The van der Waals surface area contributed by atoms with Crippen molar-refractivity contribution in [1.82, 2.24) is 5.32 Å². The maximum atomic E-state index is 11.8. The molecule has 0 aliphatic carbocycles. The predicted octanol–water partition coefficient (Wildman–Crippen LogP) is 1.98. The van der Waals surface area contributed by atoms with Gasteiger partial charge in [-0.1, -0.05) is 24.3 Å². The van der Waals surface area contributed by atoms with Crippen LogP contribution in [0.1, 0.15) is 11.1 Å². The first kappa shape index (κ1) is 16.5. The average molecular weight is 291 g/mol. The normalized spacial score (nSPS) is 11.6. The van der Waals surface area contributed by atoms with E-state index in [4.69, 9.17) is 5.11 Å². The molecular formula is C13H16F3NO3. The summed E-state index contributed by atoms with van der Waals surface area (Å²) in [5, 5.41) is 11.7. The summed E-state index contributed by atoms with van der Waals surface area (Å²) in [4.78, 5) is 10.7. The third-order valence-corrected chi connectivity index (χ3v) is 2.46. The van der Waals surface area contributed by atoms with Crippen molar-refractivity contribution in [2.45, 2.75) is 19.1 Å². The Hall–Kier alpha value is -1.60. The van der Waals surface area contributed by atoms with Crippen molar-refractivity contribution in [1.29, 1.82) is 0 Å². The van der Waals surface area contributed by atoms with Gasteiger partial charge in [0.1, 0.15) is 6.61 Å². The van der Waals surface area contributed by atoms with Crippen LogP contribution < -0.4 is 5.32 Å². The van der Waals surface area contributed by atoms with Crippen molar-refractivity contribution in [2.24, 2.45) is 0 Å². The highest BCUT2D eigenvalue weighted by Gasteiger charge is 2.27. The van der Waals surface area contributed by atoms with Crippen LogP contribution in [0.5, 0.6) is 0 Å². The molecule has 0 amide bonds. The number of aliphatic carboxylic acids is 1. The first-order valence-corrected chi connectivity index (χ1v) is 6.02. The Balaban J connectivity index is 2.30. The summed E-state index contributed by atoms with van der Waals surface area (Å²) >= 11 is 0. The summed E-state index contributed by atoms with van der Waals surface area (Å²) in [6, 6.07) is 7.02. The Morgan fingerprint density at radius 2 is 1.90 bits per heavy atom. The van der Waals surface area contributed by atoms with Crippen LogP contribution in [0, 0.1) is 0 Å². The Labute approximate surface area is 114 Å². The molecule has 0 aliphatic heterocycles. The van der Waals surface area contributed by atoms with Crippen LogP contribution in [0.4, 0.5) is 13.2 Å². The number of hydrogen-bond acceptors (Lipinski definition) is 3. The fourth-order valence-electron chi connectivity index (χ4n) is 1.62. The Kier molecular flexibility index (Phi) is 6.47. The first-order valence-electron chi connectivity index (χ1n) is 6.02. The fourth-order valence-corrected chi connectivity index (χ4v) is 1.62. The van der Waals surface area contributed by atoms with Gasteiger partial charge in [-0.25, -0.2) is 0 Å². The molecule has 0 heterocycles. The lowest BCUT2D eigenvalue weighted by Crippen LogP contribution is -2.24. The predicted molar refractivity (Wildman–Crippen MR) is 66.4 cm³/mol. The second-order valence-corrected chi connectivity index (χ2v) is 4.18. The summed E-state index contributed by atoms with van der Waals surface area (Å²) in [6.45, 7) is -0.665. The summed E-state index contributed by atoms with van der Waals surface area (Å²) in [5.41, 5.74) is 1.49. The Bertz CT molecular complexity index is 435. The zero-order valence-electron chi connectivity index (χ0n) is 10.7. The maximum Gasteiger partial charge on any atom is 0.411 e. The number of hydrogen-bond donors (Lipinski definition) is 2. The van der Waals surface area contributed by atoms with Gasteiger partial charge in [-0.3, -0.25) is 4.79 Å². The van der Waals surface area contributed by atoms with Crippen molar-refractivity contribution < 1.29 is 27.8 Å². The molecule has 0 saturated heterocycles. The quantitative estimate of drug-likeness (QED) is 0.719. The molecule has 112 valence electrons. The van der Waals surface area contributed by atoms with E-state index in [0.717, 1.165) is 5.56 Å². The van der Waals surface area contributed by atoms with E-state index in [0.29, 0.717) is 12.1 Å². The zero-order valence-corrected chi connectivity index (χ0v) is 10.7. The molecule has 0 saturated carbocycles. The van der Waals surface area contributed by atoms with Gasteiger partial charge in [0.2, 0.25) is 0 Å². The van der Waals surface area contributed by atoms with Gasteiger partial charge >= 0.3 is 12.1 Å². The van der Waals surface area contributed by atoms with E-state index in [1.54, 1.807) is 24.3 Å². The highest BCUT2D eigenvalue weighted by molar-refractivity contribution is 5.70. The molecule has 7 heteroatoms. The number of halogens is 3. The Morgan fingerprint density at radius 3 is 2.50 bits per heavy atom. The van der Waals surface area contributed by atoms with Gasteiger partial charge in [-0.15, -0.1) is 0 Å². The number of alkyl halides is 3. The van der Waals surface area contributed by atoms with Gasteiger partial charge in [0.05, 0.1) is 13.0 Å². The van der Waals surface area contributed by atoms with E-state index in [1.165, 1.54) is 0 Å². The first-order chi connectivity index (χ1) is 9.38. The van der Waals surface area contributed by atoms with Gasteiger partial charge < -0.3 is 15.2 Å². The van der Waals surface area contributed by atoms with E-state index < -0.39 is 18.8 Å². The molecule has 0 spiro atoms. The average Bonchev–Trinajstić information content (AvgIpc) is 2.33. The number of carboxylic acid groups (broad SMARTS) is 1. The SMILES string of the molecule is O=C(O)Cc1ccccc1CNCCOCC(F)(F)F. The number of rotatable bonds is 8. The van der Waals surface area contributed by atoms with Crippen LogP contribution in [0.25, 0.3) is 0 Å². The van der Waals surface area contributed by atoms with Crippen LogP contribution in [0.2, 0.25) is 0 Å². The molecule has 20 heavy (non-hydrogen) atoms. The number of carboxylic acids is 1. The van der Waals surface area contributed by atoms with Crippen molar-refractivity contribution in [2.75, 3.05) is 19.8 Å². The van der Waals surface area contributed by atoms with Crippen LogP contribution in [-0.4, -0.2) is 37.0 Å². The second-order valence-electron chi connectivity index (χ2n) is 4.18. The molecule has 1 aromatic carbocycles. The highest BCUT2D eigenvalue weighted by atomic mass is 19.4. The lowest BCUT2D eigenvalue weighted by Gasteiger charge is -2.10. The van der Waals surface area contributed by atoms with Gasteiger partial charge in [-0.2, -0.15) is 13.2 Å². The van der Waals surface area contributed by atoms with Gasteiger partial charge in [-0.05, 0) is 11.1 Å². The van der Waals surface area contributed by atoms with Crippen molar-refractivity contribution >= 4 is 5.97 Å². The molecule has 0 fully saturated rings. The van der Waals surface area contributed by atoms with Crippen LogP contribution in [0.3, 0.4) is 0 Å². The van der Waals surface area contributed by atoms with Crippen LogP contribution in [-0.2, 0) is 22.5 Å². The van der Waals surface area contributed by atoms with Gasteiger partial charge in [0.15, 0.2) is 0 Å². The smallest absolute Gasteiger partial charge is 0.411 e. The molecule has 0 bridgehead atoms. The fraction of sp³-hybridized carbons (Fsp3) is 0.462. The summed E-state index contributed by atoms with van der Waals surface area (Å²) in [5.74, 6) is -0.925. The topological polar surface area (TPSA) is 58.6 Å². The van der Waals surface area contributed by atoms with Crippen LogP contribution in [0.15, 0.2) is 24.3 Å². The van der Waals surface area contributed by atoms with E-state index in [9.17, 15) is 18.0 Å². The molecule has 0 aromatic heterocycles. The molecule has 4 nitrogen and oxygen atoms in total. The number of carbonyl (C=O) groups is 1. The molecular weight excluding hydrogens is 275 g/mol. The Morgan fingerprint density at radius 1 is 1.25 bits per heavy atom. The van der Waals surface area contributed by atoms with E-state index >= 15 is 0 Å². The largest absolute Gasteiger partial charge is 0.481 e. The molecule has 0 unspecified atom stereocenters. The van der Waals surface area contributed by atoms with Gasteiger partial charge in [0, 0.05) is 13.1 Å². The minimum Gasteiger partial charge on any atom is -0.481 e. The summed E-state index contributed by atoms with van der Waals surface area (Å²) < 4.78 is 39.9. The minimum absolute atomic E-state index is 0.0550. The molecule has 0 aliphatic rings. The number of ether oxygens (including phenoxy) is 1. The summed E-state index contributed by atoms with van der Waals surface area (Å²) in [7, 11) is 0. The molecule has 2 N–H and O–H groups in total. The third kappa shape index (κ3) is 7.10. The lowest BCUT2D eigenvalue weighted by atomic mass is 10.0. The molecule has 0 atom stereocenters. The van der Waals surface area contributed by atoms with Crippen molar-refractivity contribution in [3.63, 3.8) is 0 Å². The lowest BCUT2D eigenvalue weighted by molar-refractivity contribution is -0.173. The second kappa shape index (κ2) is 7.86. The maximum absolute atomic E-state index is 11.8. The number of benzene rings is 1. The van der Waals surface area contributed by atoms with E-state index in [2.05, 4.69) is 10.1 Å². The van der Waals surface area contributed by atoms with Crippen molar-refractivity contribution in [3.8, 4) is 0 Å². The van der Waals surface area contributed by atoms with E-state index in [-0.39, 0.29) is 19.6 Å². The standard InChI is InChI=1S/C13H16F3NO3/c14-13(15,16)9-20-6-5-17-8-11-4-2-1-3-10(11)7-12(18)19/h1-4,17H,5-9H2,(H,18,19). The summed E-state index contributed by atoms with van der Waals surface area (Å²) in [6.07, 6.45) is -4.39.